The maximum atomic E-state index is 12.5. The smallest absolute Gasteiger partial charge is 0.258 e. The first-order chi connectivity index (χ1) is 9.59. The van der Waals surface area contributed by atoms with Gasteiger partial charge in [0.25, 0.3) is 5.91 Å². The zero-order valence-electron chi connectivity index (χ0n) is 12.0. The van der Waals surface area contributed by atoms with E-state index in [0.29, 0.717) is 11.3 Å². The second kappa shape index (κ2) is 6.24. The number of hydrogen-bond donors (Lipinski definition) is 0. The van der Waals surface area contributed by atoms with Crippen molar-refractivity contribution in [3.05, 3.63) is 60.2 Å². The average Bonchev–Trinajstić information content (AvgIpc) is 2.46. The summed E-state index contributed by atoms with van der Waals surface area (Å²) >= 11 is 0. The Labute approximate surface area is 119 Å². The average molecular weight is 269 g/mol. The lowest BCUT2D eigenvalue weighted by Gasteiger charge is -2.22. The van der Waals surface area contributed by atoms with Crippen LogP contribution in [0.15, 0.2) is 54.6 Å². The van der Waals surface area contributed by atoms with Crippen molar-refractivity contribution in [3.63, 3.8) is 0 Å². The van der Waals surface area contributed by atoms with E-state index in [1.54, 1.807) is 11.9 Å². The molecule has 2 aromatic carbocycles. The third-order valence-corrected chi connectivity index (χ3v) is 2.91. The minimum Gasteiger partial charge on any atom is -0.489 e. The summed E-state index contributed by atoms with van der Waals surface area (Å²) in [7, 11) is 1.76. The second-order valence-corrected chi connectivity index (χ2v) is 4.86. The largest absolute Gasteiger partial charge is 0.489 e. The number of nitrogens with zero attached hydrogens (tertiary/aromatic N) is 1. The highest BCUT2D eigenvalue weighted by molar-refractivity contribution is 6.06. The van der Waals surface area contributed by atoms with Crippen molar-refractivity contribution in [2.24, 2.45) is 0 Å². The molecule has 0 aliphatic heterocycles. The van der Waals surface area contributed by atoms with Crippen molar-refractivity contribution < 1.29 is 9.53 Å². The Bertz CT molecular complexity index is 579. The number of hydrogen-bond acceptors (Lipinski definition) is 2. The van der Waals surface area contributed by atoms with Crippen LogP contribution >= 0.6 is 0 Å². The van der Waals surface area contributed by atoms with Crippen LogP contribution in [-0.2, 0) is 0 Å². The molecule has 0 atom stereocenters. The van der Waals surface area contributed by atoms with Crippen molar-refractivity contribution in [1.82, 2.24) is 0 Å². The van der Waals surface area contributed by atoms with E-state index in [1.807, 2.05) is 68.4 Å². The van der Waals surface area contributed by atoms with E-state index < -0.39 is 0 Å². The molecule has 0 heterocycles. The fourth-order valence-corrected chi connectivity index (χ4v) is 1.97. The molecule has 20 heavy (non-hydrogen) atoms. The van der Waals surface area contributed by atoms with Crippen LogP contribution in [0.5, 0.6) is 5.75 Å². The quantitative estimate of drug-likeness (QED) is 0.846. The SMILES string of the molecule is CC(C)Oc1ccccc1N(C)C(=O)c1ccccc1. The molecule has 0 bridgehead atoms. The van der Waals surface area contributed by atoms with E-state index in [-0.39, 0.29) is 12.0 Å². The van der Waals surface area contributed by atoms with Gasteiger partial charge in [0.1, 0.15) is 5.75 Å². The van der Waals surface area contributed by atoms with Gasteiger partial charge in [0.2, 0.25) is 0 Å². The molecule has 0 saturated carbocycles. The van der Waals surface area contributed by atoms with Crippen LogP contribution in [0, 0.1) is 0 Å². The highest BCUT2D eigenvalue weighted by Crippen LogP contribution is 2.28. The van der Waals surface area contributed by atoms with Crippen LogP contribution in [0.4, 0.5) is 5.69 Å². The van der Waals surface area contributed by atoms with E-state index in [0.717, 1.165) is 5.69 Å². The third-order valence-electron chi connectivity index (χ3n) is 2.91. The number of para-hydroxylation sites is 2. The highest BCUT2D eigenvalue weighted by Gasteiger charge is 2.17. The van der Waals surface area contributed by atoms with E-state index in [9.17, 15) is 4.79 Å². The lowest BCUT2D eigenvalue weighted by molar-refractivity contribution is 0.0991. The number of carbonyl (C=O) groups is 1. The molecule has 104 valence electrons. The van der Waals surface area contributed by atoms with Gasteiger partial charge < -0.3 is 9.64 Å². The van der Waals surface area contributed by atoms with Gasteiger partial charge in [-0.05, 0) is 38.1 Å². The number of ether oxygens (including phenoxy) is 1. The van der Waals surface area contributed by atoms with Gasteiger partial charge in [-0.1, -0.05) is 30.3 Å². The first-order valence-corrected chi connectivity index (χ1v) is 6.68. The second-order valence-electron chi connectivity index (χ2n) is 4.86. The summed E-state index contributed by atoms with van der Waals surface area (Å²) in [6.45, 7) is 3.94. The lowest BCUT2D eigenvalue weighted by atomic mass is 10.2. The summed E-state index contributed by atoms with van der Waals surface area (Å²) in [5.41, 5.74) is 1.43. The molecule has 2 aromatic rings. The molecule has 2 rings (SSSR count). The topological polar surface area (TPSA) is 29.5 Å². The summed E-state index contributed by atoms with van der Waals surface area (Å²) in [5, 5.41) is 0. The zero-order valence-corrected chi connectivity index (χ0v) is 12.0. The summed E-state index contributed by atoms with van der Waals surface area (Å²) in [5.74, 6) is 0.666. The molecule has 0 aromatic heterocycles. The number of rotatable bonds is 4. The molecule has 0 aliphatic rings. The number of anilines is 1. The van der Waals surface area contributed by atoms with Crippen LogP contribution in [-0.4, -0.2) is 19.1 Å². The molecular weight excluding hydrogens is 250 g/mol. The maximum Gasteiger partial charge on any atom is 0.258 e. The monoisotopic (exact) mass is 269 g/mol. The summed E-state index contributed by atoms with van der Waals surface area (Å²) < 4.78 is 5.76. The molecule has 0 saturated heterocycles. The molecule has 0 fully saturated rings. The highest BCUT2D eigenvalue weighted by atomic mass is 16.5. The van der Waals surface area contributed by atoms with Gasteiger partial charge in [0, 0.05) is 12.6 Å². The Morgan fingerprint density at radius 3 is 2.25 bits per heavy atom. The molecule has 0 radical (unpaired) electrons. The third kappa shape index (κ3) is 3.18. The van der Waals surface area contributed by atoms with E-state index in [1.165, 1.54) is 0 Å². The van der Waals surface area contributed by atoms with Gasteiger partial charge >= 0.3 is 0 Å². The summed E-state index contributed by atoms with van der Waals surface area (Å²) in [6.07, 6.45) is 0.0661. The molecular formula is C17H19NO2. The standard InChI is InChI=1S/C17H19NO2/c1-13(2)20-16-12-8-7-11-15(16)18(3)17(19)14-9-5-4-6-10-14/h4-13H,1-3H3. The minimum atomic E-state index is -0.0505. The van der Waals surface area contributed by atoms with Gasteiger partial charge in [0.05, 0.1) is 11.8 Å². The Hall–Kier alpha value is -2.29. The van der Waals surface area contributed by atoms with Gasteiger partial charge in [-0.25, -0.2) is 0 Å². The molecule has 3 nitrogen and oxygen atoms in total. The van der Waals surface area contributed by atoms with Crippen molar-refractivity contribution in [1.29, 1.82) is 0 Å². The first kappa shape index (κ1) is 14.1. The van der Waals surface area contributed by atoms with Crippen LogP contribution in [0.2, 0.25) is 0 Å². The zero-order chi connectivity index (χ0) is 14.5. The van der Waals surface area contributed by atoms with Crippen molar-refractivity contribution in [2.75, 3.05) is 11.9 Å². The van der Waals surface area contributed by atoms with E-state index >= 15 is 0 Å². The molecule has 3 heteroatoms. The molecule has 1 amide bonds. The fourth-order valence-electron chi connectivity index (χ4n) is 1.97. The molecule has 0 N–H and O–H groups in total. The van der Waals surface area contributed by atoms with Gasteiger partial charge in [-0.2, -0.15) is 0 Å². The molecule has 0 aliphatic carbocycles. The van der Waals surface area contributed by atoms with Crippen LogP contribution in [0.3, 0.4) is 0 Å². The normalized spacial score (nSPS) is 10.4. The lowest BCUT2D eigenvalue weighted by Crippen LogP contribution is -2.27. The first-order valence-electron chi connectivity index (χ1n) is 6.68. The Morgan fingerprint density at radius 2 is 1.60 bits per heavy atom. The van der Waals surface area contributed by atoms with Gasteiger partial charge in [0.15, 0.2) is 0 Å². The van der Waals surface area contributed by atoms with E-state index in [4.69, 9.17) is 4.74 Å². The number of amides is 1. The number of benzene rings is 2. The Balaban J connectivity index is 2.29. The molecule has 0 unspecified atom stereocenters. The molecule has 0 spiro atoms. The Kier molecular flexibility index (Phi) is 4.41. The van der Waals surface area contributed by atoms with Crippen LogP contribution in [0.25, 0.3) is 0 Å². The summed E-state index contributed by atoms with van der Waals surface area (Å²) in [4.78, 5) is 14.1. The van der Waals surface area contributed by atoms with Gasteiger partial charge in [-0.3, -0.25) is 4.79 Å². The Morgan fingerprint density at radius 1 is 1.00 bits per heavy atom. The van der Waals surface area contributed by atoms with E-state index in [2.05, 4.69) is 0 Å². The maximum absolute atomic E-state index is 12.5. The van der Waals surface area contributed by atoms with Crippen molar-refractivity contribution in [3.8, 4) is 5.75 Å². The van der Waals surface area contributed by atoms with Crippen LogP contribution in [0.1, 0.15) is 24.2 Å². The van der Waals surface area contributed by atoms with Crippen molar-refractivity contribution in [2.45, 2.75) is 20.0 Å². The fraction of sp³-hybridized carbons (Fsp3) is 0.235. The predicted octanol–water partition coefficient (Wildman–Crippen LogP) is 3.75. The predicted molar refractivity (Wildman–Crippen MR) is 81.4 cm³/mol. The minimum absolute atomic E-state index is 0.0505. The van der Waals surface area contributed by atoms with Gasteiger partial charge in [-0.15, -0.1) is 0 Å². The number of carbonyl (C=O) groups excluding carboxylic acids is 1. The summed E-state index contributed by atoms with van der Waals surface area (Å²) in [6, 6.07) is 16.8. The van der Waals surface area contributed by atoms with Crippen molar-refractivity contribution >= 4 is 11.6 Å². The van der Waals surface area contributed by atoms with Crippen LogP contribution < -0.4 is 9.64 Å².